The highest BCUT2D eigenvalue weighted by Crippen LogP contribution is 2.37. The van der Waals surface area contributed by atoms with Crippen LogP contribution in [0.1, 0.15) is 61.0 Å². The summed E-state index contributed by atoms with van der Waals surface area (Å²) < 4.78 is 38.9. The van der Waals surface area contributed by atoms with Crippen molar-refractivity contribution in [1.29, 1.82) is 0 Å². The van der Waals surface area contributed by atoms with Gasteiger partial charge in [0.2, 0.25) is 0 Å². The summed E-state index contributed by atoms with van der Waals surface area (Å²) in [6.45, 7) is 5.30. The molecule has 0 saturated heterocycles. The molecule has 0 aliphatic rings. The molecule has 0 aromatic heterocycles. The van der Waals surface area contributed by atoms with E-state index in [1.165, 1.54) is 19.2 Å². The van der Waals surface area contributed by atoms with Crippen LogP contribution >= 0.6 is 0 Å². The van der Waals surface area contributed by atoms with Gasteiger partial charge in [0, 0.05) is 48.7 Å². The van der Waals surface area contributed by atoms with E-state index in [0.29, 0.717) is 47.5 Å². The van der Waals surface area contributed by atoms with Crippen molar-refractivity contribution in [2.45, 2.75) is 39.5 Å². The Morgan fingerprint density at radius 3 is 2.26 bits per heavy atom. The third kappa shape index (κ3) is 10.3. The molecule has 0 amide bonds. The van der Waals surface area contributed by atoms with Gasteiger partial charge < -0.3 is 29.2 Å². The van der Waals surface area contributed by atoms with Crippen LogP contribution in [-0.4, -0.2) is 45.6 Å². The summed E-state index contributed by atoms with van der Waals surface area (Å²) in [4.78, 5) is 15.2. The second-order valence-corrected chi connectivity index (χ2v) is 12.9. The lowest BCUT2D eigenvalue weighted by atomic mass is 10.0. The molecule has 282 valence electrons. The van der Waals surface area contributed by atoms with Crippen molar-refractivity contribution in [3.05, 3.63) is 120 Å². The molecule has 5 rings (SSSR count). The van der Waals surface area contributed by atoms with Crippen molar-refractivity contribution >= 4 is 40.9 Å². The molecule has 3 N–H and O–H groups in total. The zero-order chi connectivity index (χ0) is 38.5. The minimum Gasteiger partial charge on any atom is -0.496 e. The minimum absolute atomic E-state index is 0.204. The van der Waals surface area contributed by atoms with Gasteiger partial charge in [0.25, 0.3) is 0 Å². The van der Waals surface area contributed by atoms with E-state index in [0.717, 1.165) is 53.6 Å². The summed E-state index contributed by atoms with van der Waals surface area (Å²) >= 11 is 0. The molecule has 54 heavy (non-hydrogen) atoms. The number of hydrogen-bond donors (Lipinski definition) is 3. The summed E-state index contributed by atoms with van der Waals surface area (Å²) in [5.74, 6) is 0.477. The SMILES string of the molecule is CCCCCOc1cc(N(C)C)ccc1Nc1ccc(C(=O)Oc2ccc(-c3ccc(/C=C/c4ccc(NO)cc4)c(OCCC)c3)c(OC)c2)c(F)c1. The second kappa shape index (κ2) is 19.2. The molecule has 0 spiro atoms. The fraction of sp³-hybridized carbons (Fsp3) is 0.250. The van der Waals surface area contributed by atoms with E-state index < -0.39 is 11.8 Å². The number of nitrogens with one attached hydrogen (secondary N) is 2. The number of rotatable bonds is 18. The number of esters is 1. The van der Waals surface area contributed by atoms with E-state index in [9.17, 15) is 4.79 Å². The van der Waals surface area contributed by atoms with Gasteiger partial charge in [0.15, 0.2) is 0 Å². The molecule has 0 fully saturated rings. The van der Waals surface area contributed by atoms with Crippen LogP contribution in [0.3, 0.4) is 0 Å². The molecule has 0 unspecified atom stereocenters. The molecule has 9 nitrogen and oxygen atoms in total. The second-order valence-electron chi connectivity index (χ2n) is 12.9. The normalized spacial score (nSPS) is 10.9. The minimum atomic E-state index is -0.835. The lowest BCUT2D eigenvalue weighted by Crippen LogP contribution is -2.11. The Bertz CT molecular complexity index is 2050. The first-order valence-electron chi connectivity index (χ1n) is 18.1. The Hall–Kier alpha value is -6.00. The van der Waals surface area contributed by atoms with E-state index in [2.05, 4.69) is 17.7 Å². The van der Waals surface area contributed by atoms with Crippen molar-refractivity contribution in [1.82, 2.24) is 0 Å². The van der Waals surface area contributed by atoms with Crippen LogP contribution in [0.2, 0.25) is 0 Å². The molecule has 0 heterocycles. The lowest BCUT2D eigenvalue weighted by molar-refractivity contribution is 0.0729. The number of nitrogens with zero attached hydrogens (tertiary/aromatic N) is 1. The molecule has 0 aliphatic heterocycles. The average molecular weight is 734 g/mol. The third-order valence-corrected chi connectivity index (χ3v) is 8.62. The average Bonchev–Trinajstić information content (AvgIpc) is 3.18. The first-order valence-corrected chi connectivity index (χ1v) is 18.1. The zero-order valence-corrected chi connectivity index (χ0v) is 31.4. The maximum Gasteiger partial charge on any atom is 0.346 e. The quantitative estimate of drug-likeness (QED) is 0.0267. The van der Waals surface area contributed by atoms with E-state index in [4.69, 9.17) is 24.2 Å². The first-order chi connectivity index (χ1) is 26.2. The Morgan fingerprint density at radius 1 is 0.778 bits per heavy atom. The maximum absolute atomic E-state index is 15.4. The van der Waals surface area contributed by atoms with Crippen LogP contribution in [0, 0.1) is 5.82 Å². The molecular weight excluding hydrogens is 685 g/mol. The fourth-order valence-electron chi connectivity index (χ4n) is 5.63. The summed E-state index contributed by atoms with van der Waals surface area (Å²) in [5, 5.41) is 12.3. The highest BCUT2D eigenvalue weighted by Gasteiger charge is 2.18. The van der Waals surface area contributed by atoms with Crippen molar-refractivity contribution < 1.29 is 33.3 Å². The predicted octanol–water partition coefficient (Wildman–Crippen LogP) is 10.9. The Morgan fingerprint density at radius 2 is 1.56 bits per heavy atom. The highest BCUT2D eigenvalue weighted by molar-refractivity contribution is 5.92. The smallest absolute Gasteiger partial charge is 0.346 e. The van der Waals surface area contributed by atoms with Crippen LogP contribution in [0.15, 0.2) is 97.1 Å². The van der Waals surface area contributed by atoms with Gasteiger partial charge in [-0.25, -0.2) is 9.18 Å². The van der Waals surface area contributed by atoms with Crippen LogP contribution < -0.4 is 34.6 Å². The third-order valence-electron chi connectivity index (χ3n) is 8.62. The van der Waals surface area contributed by atoms with Gasteiger partial charge in [0.05, 0.1) is 37.3 Å². The van der Waals surface area contributed by atoms with Crippen LogP contribution in [0.4, 0.5) is 27.1 Å². The molecular formula is C44H48FN3O6. The van der Waals surface area contributed by atoms with Crippen LogP contribution in [0.5, 0.6) is 23.0 Å². The molecule has 5 aromatic carbocycles. The largest absolute Gasteiger partial charge is 0.496 e. The van der Waals surface area contributed by atoms with E-state index in [-0.39, 0.29) is 11.3 Å². The van der Waals surface area contributed by atoms with Crippen molar-refractivity contribution in [3.8, 4) is 34.1 Å². The fourth-order valence-corrected chi connectivity index (χ4v) is 5.63. The molecule has 5 aromatic rings. The van der Waals surface area contributed by atoms with E-state index >= 15 is 4.39 Å². The molecule has 0 aliphatic carbocycles. The number of carbonyl (C=O) groups is 1. The summed E-state index contributed by atoms with van der Waals surface area (Å²) in [6, 6.07) is 28.4. The Labute approximate surface area is 316 Å². The van der Waals surface area contributed by atoms with E-state index in [1.807, 2.05) is 86.6 Å². The zero-order valence-electron chi connectivity index (χ0n) is 31.4. The highest BCUT2D eigenvalue weighted by atomic mass is 19.1. The predicted molar refractivity (Wildman–Crippen MR) is 215 cm³/mol. The summed E-state index contributed by atoms with van der Waals surface area (Å²) in [5.41, 5.74) is 8.12. The molecule has 0 atom stereocenters. The number of hydrogen-bond acceptors (Lipinski definition) is 9. The number of methoxy groups -OCH3 is 1. The molecule has 0 radical (unpaired) electrons. The number of unbranched alkanes of at least 4 members (excludes halogenated alkanes) is 2. The van der Waals surface area contributed by atoms with Crippen molar-refractivity contribution in [2.75, 3.05) is 50.1 Å². The van der Waals surface area contributed by atoms with Gasteiger partial charge in [0.1, 0.15) is 28.8 Å². The van der Waals surface area contributed by atoms with Crippen molar-refractivity contribution in [3.63, 3.8) is 0 Å². The van der Waals surface area contributed by atoms with Gasteiger partial charge in [-0.2, -0.15) is 0 Å². The first kappa shape index (κ1) is 39.2. The summed E-state index contributed by atoms with van der Waals surface area (Å²) in [6.07, 6.45) is 7.88. The number of ether oxygens (including phenoxy) is 4. The molecule has 10 heteroatoms. The van der Waals surface area contributed by atoms with Crippen molar-refractivity contribution in [2.24, 2.45) is 0 Å². The number of anilines is 4. The van der Waals surface area contributed by atoms with Crippen LogP contribution in [0.25, 0.3) is 23.3 Å². The number of carbonyl (C=O) groups excluding carboxylic acids is 1. The lowest BCUT2D eigenvalue weighted by Gasteiger charge is -2.18. The standard InChI is InChI=1S/C44H48FN3O6/c1-6-8-9-25-53-43-28-35(48(3)4)19-23-40(43)46-34-18-21-38(39(45)27-34)44(49)54-36-20-22-37(42(29-36)51-5)32-15-14-31(41(26-32)52-24-7-2)13-10-30-11-16-33(47-50)17-12-30/h10-23,26-29,46-47,50H,6-9,24-25H2,1-5H3/b13-10+. The monoisotopic (exact) mass is 733 g/mol. The summed E-state index contributed by atoms with van der Waals surface area (Å²) in [7, 11) is 5.45. The number of halogens is 1. The topological polar surface area (TPSA) is 102 Å². The van der Waals surface area contributed by atoms with Gasteiger partial charge >= 0.3 is 5.97 Å². The van der Waals surface area contributed by atoms with Gasteiger partial charge in [-0.15, -0.1) is 0 Å². The van der Waals surface area contributed by atoms with Gasteiger partial charge in [-0.3, -0.25) is 10.7 Å². The van der Waals surface area contributed by atoms with Crippen LogP contribution in [-0.2, 0) is 0 Å². The Balaban J connectivity index is 1.31. The molecule has 0 bridgehead atoms. The maximum atomic E-state index is 15.4. The van der Waals surface area contributed by atoms with Gasteiger partial charge in [-0.05, 0) is 84.6 Å². The van der Waals surface area contributed by atoms with E-state index in [1.54, 1.807) is 36.4 Å². The molecule has 0 saturated carbocycles. The number of benzene rings is 5. The van der Waals surface area contributed by atoms with Gasteiger partial charge in [-0.1, -0.05) is 63.1 Å². The Kier molecular flexibility index (Phi) is 13.9.